The number of nitrogens with zero attached hydrogens (tertiary/aromatic N) is 3. The lowest BCUT2D eigenvalue weighted by Crippen LogP contribution is -2.14. The molecule has 0 radical (unpaired) electrons. The summed E-state index contributed by atoms with van der Waals surface area (Å²) < 4.78 is 6.21. The van der Waals surface area contributed by atoms with Crippen LogP contribution in [0.3, 0.4) is 0 Å². The van der Waals surface area contributed by atoms with E-state index in [0.29, 0.717) is 17.5 Å². The number of hydrogen-bond donors (Lipinski definition) is 0. The van der Waals surface area contributed by atoms with Crippen molar-refractivity contribution >= 4 is 21.9 Å². The van der Waals surface area contributed by atoms with Gasteiger partial charge in [0.25, 0.3) is 0 Å². The molecule has 0 unspecified atom stereocenters. The van der Waals surface area contributed by atoms with Crippen molar-refractivity contribution in [1.29, 1.82) is 0 Å². The molecule has 0 amide bonds. The van der Waals surface area contributed by atoms with E-state index in [2.05, 4.69) is 98.8 Å². The second-order valence-electron chi connectivity index (χ2n) is 12.5. The van der Waals surface area contributed by atoms with Crippen molar-refractivity contribution in [3.05, 3.63) is 151 Å². The summed E-state index contributed by atoms with van der Waals surface area (Å²) in [5.41, 5.74) is 12.0. The van der Waals surface area contributed by atoms with Crippen LogP contribution >= 0.6 is 0 Å². The van der Waals surface area contributed by atoms with Crippen LogP contribution in [0.1, 0.15) is 25.0 Å². The maximum Gasteiger partial charge on any atom is 0.164 e. The van der Waals surface area contributed by atoms with Crippen LogP contribution in [0, 0.1) is 0 Å². The molecule has 0 aliphatic heterocycles. The van der Waals surface area contributed by atoms with E-state index in [1.165, 1.54) is 27.8 Å². The number of hydrogen-bond acceptors (Lipinski definition) is 4. The van der Waals surface area contributed by atoms with Crippen LogP contribution in [0.15, 0.2) is 144 Å². The largest absolute Gasteiger partial charge is 0.456 e. The third-order valence-electron chi connectivity index (χ3n) is 9.34. The number of benzene rings is 6. The van der Waals surface area contributed by atoms with Gasteiger partial charge in [0.2, 0.25) is 0 Å². The summed E-state index contributed by atoms with van der Waals surface area (Å²) in [6, 6.07) is 48.4. The van der Waals surface area contributed by atoms with E-state index >= 15 is 0 Å². The zero-order chi connectivity index (χ0) is 30.8. The Morgan fingerprint density at radius 2 is 1.02 bits per heavy atom. The van der Waals surface area contributed by atoms with Gasteiger partial charge in [-0.05, 0) is 57.6 Å². The van der Waals surface area contributed by atoms with Gasteiger partial charge in [0.1, 0.15) is 11.2 Å². The molecule has 4 heteroatoms. The standard InChI is InChI=1S/C42H29N3O/c1-42(2)34-19-8-6-17-33(34)38-30(18-11-20-35(38)42)27-14-10-15-28(24-27)40-43-39(26-12-4-3-5-13-26)44-41(45-40)29-22-23-32-31-16-7-9-21-36(31)46-37(32)25-29/h3-25H,1-2H3. The highest BCUT2D eigenvalue weighted by molar-refractivity contribution is 6.05. The molecule has 0 spiro atoms. The molecule has 8 aromatic rings. The second-order valence-corrected chi connectivity index (χ2v) is 12.5. The predicted octanol–water partition coefficient (Wildman–Crippen LogP) is 10.7. The molecular weight excluding hydrogens is 562 g/mol. The van der Waals surface area contributed by atoms with E-state index in [1.54, 1.807) is 0 Å². The van der Waals surface area contributed by atoms with E-state index < -0.39 is 0 Å². The minimum absolute atomic E-state index is 0.0613. The number of para-hydroxylation sites is 1. The van der Waals surface area contributed by atoms with Crippen LogP contribution in [0.25, 0.3) is 78.4 Å². The van der Waals surface area contributed by atoms with Gasteiger partial charge in [0, 0.05) is 32.9 Å². The molecule has 4 nitrogen and oxygen atoms in total. The maximum atomic E-state index is 6.21. The number of rotatable bonds is 4. The molecule has 2 heterocycles. The van der Waals surface area contributed by atoms with Crippen LogP contribution in [0.5, 0.6) is 0 Å². The molecule has 0 N–H and O–H groups in total. The summed E-state index contributed by atoms with van der Waals surface area (Å²) in [4.78, 5) is 15.0. The number of aromatic nitrogens is 3. The summed E-state index contributed by atoms with van der Waals surface area (Å²) >= 11 is 0. The average molecular weight is 592 g/mol. The third kappa shape index (κ3) is 4.11. The summed E-state index contributed by atoms with van der Waals surface area (Å²) in [5, 5.41) is 2.17. The van der Waals surface area contributed by atoms with Crippen LogP contribution in [0.4, 0.5) is 0 Å². The molecule has 9 rings (SSSR count). The number of furan rings is 1. The fourth-order valence-corrected chi connectivity index (χ4v) is 7.04. The SMILES string of the molecule is CC1(C)c2ccccc2-c2c(-c3cccc(-c4nc(-c5ccccc5)nc(-c5ccc6c(c5)oc5ccccc56)n4)c3)cccc21. The first-order valence-electron chi connectivity index (χ1n) is 15.6. The molecule has 6 aromatic carbocycles. The molecule has 0 saturated carbocycles. The van der Waals surface area contributed by atoms with Gasteiger partial charge in [0.15, 0.2) is 17.5 Å². The van der Waals surface area contributed by atoms with Crippen LogP contribution in [0.2, 0.25) is 0 Å². The topological polar surface area (TPSA) is 51.8 Å². The lowest BCUT2D eigenvalue weighted by molar-refractivity contribution is 0.660. The smallest absolute Gasteiger partial charge is 0.164 e. The van der Waals surface area contributed by atoms with Gasteiger partial charge in [-0.2, -0.15) is 0 Å². The fraction of sp³-hybridized carbons (Fsp3) is 0.0714. The first-order chi connectivity index (χ1) is 22.5. The van der Waals surface area contributed by atoms with Crippen molar-refractivity contribution in [1.82, 2.24) is 15.0 Å². The van der Waals surface area contributed by atoms with E-state index in [1.807, 2.05) is 54.6 Å². The molecule has 2 aromatic heterocycles. The maximum absolute atomic E-state index is 6.21. The Kier molecular flexibility index (Phi) is 5.81. The zero-order valence-electron chi connectivity index (χ0n) is 25.5. The van der Waals surface area contributed by atoms with Crippen LogP contribution < -0.4 is 0 Å². The molecule has 0 fully saturated rings. The number of fused-ring (bicyclic) bond motifs is 6. The molecule has 1 aliphatic rings. The molecular formula is C42H29N3O. The Morgan fingerprint density at radius 1 is 0.435 bits per heavy atom. The molecule has 0 bridgehead atoms. The molecule has 1 aliphatic carbocycles. The van der Waals surface area contributed by atoms with E-state index in [0.717, 1.165) is 44.2 Å². The summed E-state index contributed by atoms with van der Waals surface area (Å²) in [7, 11) is 0. The van der Waals surface area contributed by atoms with Crippen molar-refractivity contribution < 1.29 is 4.42 Å². The van der Waals surface area contributed by atoms with Gasteiger partial charge in [-0.15, -0.1) is 0 Å². The first kappa shape index (κ1) is 26.5. The minimum atomic E-state index is -0.0613. The van der Waals surface area contributed by atoms with Crippen molar-refractivity contribution in [2.45, 2.75) is 19.3 Å². The average Bonchev–Trinajstić information content (AvgIpc) is 3.60. The molecule has 0 atom stereocenters. The highest BCUT2D eigenvalue weighted by Gasteiger charge is 2.36. The lowest BCUT2D eigenvalue weighted by atomic mass is 9.82. The predicted molar refractivity (Wildman–Crippen MR) is 186 cm³/mol. The van der Waals surface area contributed by atoms with Gasteiger partial charge < -0.3 is 4.42 Å². The van der Waals surface area contributed by atoms with Gasteiger partial charge in [-0.1, -0.05) is 129 Å². The normalized spacial score (nSPS) is 13.2. The van der Waals surface area contributed by atoms with Gasteiger partial charge in [0.05, 0.1) is 0 Å². The summed E-state index contributed by atoms with van der Waals surface area (Å²) in [5.74, 6) is 1.86. The Bertz CT molecular complexity index is 2460. The highest BCUT2D eigenvalue weighted by Crippen LogP contribution is 2.52. The zero-order valence-corrected chi connectivity index (χ0v) is 25.5. The summed E-state index contributed by atoms with van der Waals surface area (Å²) in [6.45, 7) is 4.63. The first-order valence-corrected chi connectivity index (χ1v) is 15.6. The van der Waals surface area contributed by atoms with E-state index in [4.69, 9.17) is 19.4 Å². The Hall–Kier alpha value is -5.87. The monoisotopic (exact) mass is 591 g/mol. The van der Waals surface area contributed by atoms with Gasteiger partial charge in [-0.25, -0.2) is 15.0 Å². The Balaban J connectivity index is 1.21. The fourth-order valence-electron chi connectivity index (χ4n) is 7.04. The minimum Gasteiger partial charge on any atom is -0.456 e. The van der Waals surface area contributed by atoms with Crippen molar-refractivity contribution in [2.24, 2.45) is 0 Å². The van der Waals surface area contributed by atoms with Crippen LogP contribution in [-0.2, 0) is 5.41 Å². The second kappa shape index (κ2) is 10.1. The van der Waals surface area contributed by atoms with Crippen molar-refractivity contribution in [3.63, 3.8) is 0 Å². The molecule has 0 saturated heterocycles. The van der Waals surface area contributed by atoms with Crippen LogP contribution in [-0.4, -0.2) is 15.0 Å². The lowest BCUT2D eigenvalue weighted by Gasteiger charge is -2.21. The Morgan fingerprint density at radius 3 is 1.87 bits per heavy atom. The molecule has 46 heavy (non-hydrogen) atoms. The Labute approximate surface area is 267 Å². The van der Waals surface area contributed by atoms with Gasteiger partial charge in [-0.3, -0.25) is 0 Å². The highest BCUT2D eigenvalue weighted by atomic mass is 16.3. The van der Waals surface area contributed by atoms with Gasteiger partial charge >= 0.3 is 0 Å². The van der Waals surface area contributed by atoms with E-state index in [-0.39, 0.29) is 5.41 Å². The van der Waals surface area contributed by atoms with Crippen molar-refractivity contribution in [3.8, 4) is 56.4 Å². The molecule has 218 valence electrons. The van der Waals surface area contributed by atoms with Crippen molar-refractivity contribution in [2.75, 3.05) is 0 Å². The third-order valence-corrected chi connectivity index (χ3v) is 9.34. The van der Waals surface area contributed by atoms with E-state index in [9.17, 15) is 0 Å². The quantitative estimate of drug-likeness (QED) is 0.204. The summed E-state index contributed by atoms with van der Waals surface area (Å²) in [6.07, 6.45) is 0.